The van der Waals surface area contributed by atoms with E-state index in [2.05, 4.69) is 0 Å². The third-order valence-corrected chi connectivity index (χ3v) is 5.12. The summed E-state index contributed by atoms with van der Waals surface area (Å²) in [5, 5.41) is 9.20. The Morgan fingerprint density at radius 3 is 2.05 bits per heavy atom. The SMILES string of the molecule is CCOC(Cc1ccc(OCCN(CCOCC(C)(F)F)C(=O)Oc2ccc(C(F)(F)F)cc2)cc1)C(=O)O. The fourth-order valence-electron chi connectivity index (χ4n) is 3.23. The van der Waals surface area contributed by atoms with Crippen LogP contribution in [0.4, 0.5) is 26.7 Å². The lowest BCUT2D eigenvalue weighted by molar-refractivity contribution is -0.150. The van der Waals surface area contributed by atoms with Crippen molar-refractivity contribution in [3.05, 3.63) is 59.7 Å². The Morgan fingerprint density at radius 2 is 1.51 bits per heavy atom. The molecule has 1 N–H and O–H groups in total. The fraction of sp³-hybridized carbons (Fsp3) is 0.462. The molecule has 0 fully saturated rings. The molecule has 2 rings (SSSR count). The Balaban J connectivity index is 1.97. The number of halogens is 5. The van der Waals surface area contributed by atoms with Gasteiger partial charge in [0.1, 0.15) is 24.7 Å². The normalized spacial score (nSPS) is 12.6. The minimum Gasteiger partial charge on any atom is -0.492 e. The Morgan fingerprint density at radius 1 is 0.923 bits per heavy atom. The van der Waals surface area contributed by atoms with Crippen LogP contribution in [-0.2, 0) is 26.9 Å². The molecule has 39 heavy (non-hydrogen) atoms. The van der Waals surface area contributed by atoms with Gasteiger partial charge in [-0.15, -0.1) is 0 Å². The smallest absolute Gasteiger partial charge is 0.416 e. The molecule has 1 atom stereocenters. The van der Waals surface area contributed by atoms with Gasteiger partial charge >= 0.3 is 18.2 Å². The molecule has 13 heteroatoms. The third kappa shape index (κ3) is 11.9. The van der Waals surface area contributed by atoms with Gasteiger partial charge in [0, 0.05) is 26.5 Å². The zero-order valence-electron chi connectivity index (χ0n) is 21.4. The highest BCUT2D eigenvalue weighted by molar-refractivity contribution is 5.72. The highest BCUT2D eigenvalue weighted by atomic mass is 19.4. The van der Waals surface area contributed by atoms with Crippen LogP contribution in [0.2, 0.25) is 0 Å². The lowest BCUT2D eigenvalue weighted by Gasteiger charge is -2.22. The molecule has 2 aromatic rings. The summed E-state index contributed by atoms with van der Waals surface area (Å²) in [6.45, 7) is 1.28. The number of benzene rings is 2. The monoisotopic (exact) mass is 563 g/mol. The zero-order valence-corrected chi connectivity index (χ0v) is 21.4. The van der Waals surface area contributed by atoms with Gasteiger partial charge in [0.05, 0.1) is 18.7 Å². The van der Waals surface area contributed by atoms with Crippen molar-refractivity contribution >= 4 is 12.1 Å². The lowest BCUT2D eigenvalue weighted by atomic mass is 10.1. The van der Waals surface area contributed by atoms with E-state index in [-0.39, 0.29) is 45.1 Å². The van der Waals surface area contributed by atoms with Gasteiger partial charge in [0.2, 0.25) is 0 Å². The summed E-state index contributed by atoms with van der Waals surface area (Å²) >= 11 is 0. The quantitative estimate of drug-likeness (QED) is 0.233. The average molecular weight is 564 g/mol. The van der Waals surface area contributed by atoms with Gasteiger partial charge in [-0.25, -0.2) is 18.4 Å². The van der Waals surface area contributed by atoms with Crippen LogP contribution in [0.15, 0.2) is 48.5 Å². The number of alkyl halides is 5. The number of aliphatic carboxylic acids is 1. The molecule has 0 aliphatic rings. The Labute approximate surface area is 222 Å². The minimum absolute atomic E-state index is 0.0396. The number of rotatable bonds is 15. The fourth-order valence-corrected chi connectivity index (χ4v) is 3.23. The van der Waals surface area contributed by atoms with Crippen molar-refractivity contribution in [2.75, 3.05) is 39.5 Å². The molecular formula is C26H30F5NO7. The van der Waals surface area contributed by atoms with Gasteiger partial charge in [0.15, 0.2) is 6.10 Å². The van der Waals surface area contributed by atoms with Crippen LogP contribution in [0.3, 0.4) is 0 Å². The summed E-state index contributed by atoms with van der Waals surface area (Å²) in [5.74, 6) is -3.86. The predicted molar refractivity (Wildman–Crippen MR) is 129 cm³/mol. The van der Waals surface area contributed by atoms with Crippen molar-refractivity contribution < 1.29 is 55.6 Å². The topological polar surface area (TPSA) is 94.5 Å². The molecule has 2 aromatic carbocycles. The highest BCUT2D eigenvalue weighted by Crippen LogP contribution is 2.30. The first-order valence-electron chi connectivity index (χ1n) is 11.9. The number of nitrogens with zero attached hydrogens (tertiary/aromatic N) is 1. The Bertz CT molecular complexity index is 1040. The number of carbonyl (C=O) groups excluding carboxylic acids is 1. The Hall–Kier alpha value is -3.45. The standard InChI is InChI=1S/C26H30F5NO7/c1-3-37-22(23(33)34)16-18-4-8-20(9-5-18)38-15-13-32(12-14-36-17-25(2,27)28)24(35)39-21-10-6-19(7-11-21)26(29,30)31/h4-11,22H,3,12-17H2,1-2H3,(H,33,34). The first-order chi connectivity index (χ1) is 18.3. The highest BCUT2D eigenvalue weighted by Gasteiger charge is 2.30. The number of carbonyl (C=O) groups is 2. The van der Waals surface area contributed by atoms with Crippen LogP contribution in [-0.4, -0.2) is 73.6 Å². The first kappa shape index (κ1) is 31.8. The van der Waals surface area contributed by atoms with E-state index in [9.17, 15) is 36.6 Å². The lowest BCUT2D eigenvalue weighted by Crippen LogP contribution is -2.39. The summed E-state index contributed by atoms with van der Waals surface area (Å²) in [6, 6.07) is 10.1. The maximum absolute atomic E-state index is 13.0. The second-order valence-electron chi connectivity index (χ2n) is 8.48. The molecule has 0 aromatic heterocycles. The van der Waals surface area contributed by atoms with Crippen LogP contribution in [0.25, 0.3) is 0 Å². The van der Waals surface area contributed by atoms with E-state index in [4.69, 9.17) is 18.9 Å². The van der Waals surface area contributed by atoms with Gasteiger partial charge in [-0.1, -0.05) is 12.1 Å². The number of hydrogen-bond acceptors (Lipinski definition) is 6. The van der Waals surface area contributed by atoms with Crippen LogP contribution in [0.5, 0.6) is 11.5 Å². The molecule has 0 saturated carbocycles. The number of carboxylic acid groups (broad SMARTS) is 1. The van der Waals surface area contributed by atoms with E-state index >= 15 is 0 Å². The van der Waals surface area contributed by atoms with Crippen LogP contribution < -0.4 is 9.47 Å². The van der Waals surface area contributed by atoms with Crippen molar-refractivity contribution in [2.45, 2.75) is 38.5 Å². The largest absolute Gasteiger partial charge is 0.492 e. The van der Waals surface area contributed by atoms with Crippen molar-refractivity contribution in [1.82, 2.24) is 4.90 Å². The van der Waals surface area contributed by atoms with Crippen molar-refractivity contribution in [3.63, 3.8) is 0 Å². The van der Waals surface area contributed by atoms with Crippen LogP contribution in [0.1, 0.15) is 25.0 Å². The molecule has 0 heterocycles. The number of ether oxygens (including phenoxy) is 4. The second kappa shape index (κ2) is 14.6. The Kier molecular flexibility index (Phi) is 11.9. The molecule has 0 aliphatic heterocycles. The summed E-state index contributed by atoms with van der Waals surface area (Å²) in [4.78, 5) is 25.0. The molecule has 0 radical (unpaired) electrons. The van der Waals surface area contributed by atoms with E-state index in [1.165, 1.54) is 0 Å². The summed E-state index contributed by atoms with van der Waals surface area (Å²) in [7, 11) is 0. The average Bonchev–Trinajstić information content (AvgIpc) is 2.85. The van der Waals surface area contributed by atoms with E-state index in [0.717, 1.165) is 29.2 Å². The van der Waals surface area contributed by atoms with Gasteiger partial charge in [0.25, 0.3) is 5.92 Å². The molecule has 1 unspecified atom stereocenters. The summed E-state index contributed by atoms with van der Waals surface area (Å²) in [5.41, 5.74) is -0.210. The first-order valence-corrected chi connectivity index (χ1v) is 11.9. The van der Waals surface area contributed by atoms with Gasteiger partial charge in [-0.05, 0) is 48.9 Å². The van der Waals surface area contributed by atoms with Gasteiger partial charge < -0.3 is 29.0 Å². The molecular weight excluding hydrogens is 533 g/mol. The van der Waals surface area contributed by atoms with Crippen LogP contribution >= 0.6 is 0 Å². The number of carboxylic acids is 1. The summed E-state index contributed by atoms with van der Waals surface area (Å²) < 4.78 is 85.2. The van der Waals surface area contributed by atoms with Crippen molar-refractivity contribution in [1.29, 1.82) is 0 Å². The summed E-state index contributed by atoms with van der Waals surface area (Å²) in [6.07, 6.45) is -6.31. The molecule has 0 bridgehead atoms. The molecule has 216 valence electrons. The van der Waals surface area contributed by atoms with E-state index in [1.54, 1.807) is 31.2 Å². The van der Waals surface area contributed by atoms with Crippen molar-refractivity contribution in [3.8, 4) is 11.5 Å². The van der Waals surface area contributed by atoms with Gasteiger partial charge in [-0.3, -0.25) is 0 Å². The zero-order chi connectivity index (χ0) is 29.1. The van der Waals surface area contributed by atoms with Gasteiger partial charge in [-0.2, -0.15) is 13.2 Å². The van der Waals surface area contributed by atoms with E-state index in [1.807, 2.05) is 0 Å². The predicted octanol–water partition coefficient (Wildman–Crippen LogP) is 5.29. The molecule has 0 aliphatic carbocycles. The maximum Gasteiger partial charge on any atom is 0.416 e. The van der Waals surface area contributed by atoms with E-state index in [0.29, 0.717) is 18.2 Å². The molecule has 0 spiro atoms. The maximum atomic E-state index is 13.0. The molecule has 0 saturated heterocycles. The van der Waals surface area contributed by atoms with E-state index < -0.39 is 42.4 Å². The number of amides is 1. The molecule has 1 amide bonds. The third-order valence-electron chi connectivity index (χ3n) is 5.12. The molecule has 8 nitrogen and oxygen atoms in total. The van der Waals surface area contributed by atoms with Crippen LogP contribution in [0, 0.1) is 0 Å². The van der Waals surface area contributed by atoms with Crippen molar-refractivity contribution in [2.24, 2.45) is 0 Å². The minimum atomic E-state index is -4.55. The second-order valence-corrected chi connectivity index (χ2v) is 8.48. The number of hydrogen-bond donors (Lipinski definition) is 1.